The molecule has 1 aliphatic carbocycles. The van der Waals surface area contributed by atoms with Crippen molar-refractivity contribution < 1.29 is 14.6 Å². The van der Waals surface area contributed by atoms with Crippen molar-refractivity contribution in [1.82, 2.24) is 4.90 Å². The van der Waals surface area contributed by atoms with E-state index in [4.69, 9.17) is 4.74 Å². The lowest BCUT2D eigenvalue weighted by atomic mass is 9.84. The lowest BCUT2D eigenvalue weighted by molar-refractivity contribution is -0.150. The number of rotatable bonds is 10. The molecule has 0 aromatic rings. The Morgan fingerprint density at radius 1 is 1.53 bits per heavy atom. The van der Waals surface area contributed by atoms with Crippen LogP contribution in [0.15, 0.2) is 0 Å². The van der Waals surface area contributed by atoms with E-state index in [0.29, 0.717) is 19.2 Å². The van der Waals surface area contributed by atoms with Crippen LogP contribution in [0.3, 0.4) is 0 Å². The molecule has 0 bridgehead atoms. The van der Waals surface area contributed by atoms with Gasteiger partial charge in [0.25, 0.3) is 0 Å². The maximum Gasteiger partial charge on any atom is 0.310 e. The molecule has 112 valence electrons. The zero-order valence-corrected chi connectivity index (χ0v) is 12.8. The van der Waals surface area contributed by atoms with Gasteiger partial charge in [0, 0.05) is 26.2 Å². The molecule has 1 saturated carbocycles. The summed E-state index contributed by atoms with van der Waals surface area (Å²) in [4.78, 5) is 13.9. The zero-order valence-electron chi connectivity index (χ0n) is 12.8. The molecule has 0 saturated heterocycles. The van der Waals surface area contributed by atoms with Gasteiger partial charge in [-0.25, -0.2) is 0 Å². The lowest BCUT2D eigenvalue weighted by Crippen LogP contribution is -2.47. The Morgan fingerprint density at radius 2 is 2.16 bits per heavy atom. The molecule has 0 heterocycles. The van der Waals surface area contributed by atoms with Crippen molar-refractivity contribution in [3.8, 4) is 0 Å². The number of carboxylic acid groups (broad SMARTS) is 1. The highest BCUT2D eigenvalue weighted by Gasteiger charge is 2.38. The molecule has 2 atom stereocenters. The standard InChI is InChI=1S/C15H29NO3/c1-5-8-15(3,14(17)18)11-16(9-10-19-4)12(2)13-6-7-13/h12-13H,5-11H2,1-4H3,(H,17,18). The minimum atomic E-state index is -0.681. The number of hydrogen-bond acceptors (Lipinski definition) is 3. The average Bonchev–Trinajstić information content (AvgIpc) is 3.18. The first-order valence-electron chi connectivity index (χ1n) is 7.41. The highest BCUT2D eigenvalue weighted by atomic mass is 16.5. The molecule has 1 N–H and O–H groups in total. The Kier molecular flexibility index (Phi) is 6.27. The fraction of sp³-hybridized carbons (Fsp3) is 0.933. The summed E-state index contributed by atoms with van der Waals surface area (Å²) in [5, 5.41) is 9.52. The minimum absolute atomic E-state index is 0.464. The van der Waals surface area contributed by atoms with Crippen LogP contribution in [-0.2, 0) is 9.53 Å². The van der Waals surface area contributed by atoms with E-state index in [1.165, 1.54) is 12.8 Å². The quantitative estimate of drug-likeness (QED) is 0.663. The van der Waals surface area contributed by atoms with Gasteiger partial charge in [-0.05, 0) is 39.0 Å². The van der Waals surface area contributed by atoms with Crippen LogP contribution in [-0.4, -0.2) is 48.8 Å². The van der Waals surface area contributed by atoms with Gasteiger partial charge in [0.05, 0.1) is 12.0 Å². The van der Waals surface area contributed by atoms with Crippen molar-refractivity contribution in [1.29, 1.82) is 0 Å². The third-order valence-electron chi connectivity index (χ3n) is 4.33. The predicted octanol–water partition coefficient (Wildman–Crippen LogP) is 2.62. The monoisotopic (exact) mass is 271 g/mol. The van der Waals surface area contributed by atoms with Gasteiger partial charge in [-0.1, -0.05) is 13.3 Å². The smallest absolute Gasteiger partial charge is 0.310 e. The Morgan fingerprint density at radius 3 is 2.58 bits per heavy atom. The normalized spacial score (nSPS) is 20.3. The fourth-order valence-electron chi connectivity index (χ4n) is 2.77. The molecule has 0 aromatic heterocycles. The summed E-state index contributed by atoms with van der Waals surface area (Å²) in [5.74, 6) is 0.0660. The maximum atomic E-state index is 11.6. The van der Waals surface area contributed by atoms with E-state index in [1.807, 2.05) is 13.8 Å². The van der Waals surface area contributed by atoms with E-state index in [9.17, 15) is 9.90 Å². The number of hydrogen-bond donors (Lipinski definition) is 1. The summed E-state index contributed by atoms with van der Waals surface area (Å²) >= 11 is 0. The van der Waals surface area contributed by atoms with Gasteiger partial charge in [0.1, 0.15) is 0 Å². The molecule has 1 aliphatic rings. The average molecular weight is 271 g/mol. The molecule has 2 unspecified atom stereocenters. The van der Waals surface area contributed by atoms with Crippen molar-refractivity contribution in [2.24, 2.45) is 11.3 Å². The fourth-order valence-corrected chi connectivity index (χ4v) is 2.77. The summed E-state index contributed by atoms with van der Waals surface area (Å²) in [7, 11) is 1.70. The van der Waals surface area contributed by atoms with Crippen LogP contribution in [0.5, 0.6) is 0 Å². The van der Waals surface area contributed by atoms with Crippen LogP contribution in [0.25, 0.3) is 0 Å². The van der Waals surface area contributed by atoms with Crippen molar-refractivity contribution in [2.45, 2.75) is 52.5 Å². The summed E-state index contributed by atoms with van der Waals surface area (Å²) in [5.41, 5.74) is -0.647. The van der Waals surface area contributed by atoms with Gasteiger partial charge in [0.2, 0.25) is 0 Å². The first-order valence-corrected chi connectivity index (χ1v) is 7.41. The number of nitrogens with zero attached hydrogens (tertiary/aromatic N) is 1. The van der Waals surface area contributed by atoms with E-state index in [2.05, 4.69) is 11.8 Å². The predicted molar refractivity (Wildman–Crippen MR) is 76.3 cm³/mol. The molecule has 0 radical (unpaired) electrons. The van der Waals surface area contributed by atoms with Crippen molar-refractivity contribution in [3.05, 3.63) is 0 Å². The maximum absolute atomic E-state index is 11.6. The third kappa shape index (κ3) is 4.77. The molecule has 0 amide bonds. The van der Waals surface area contributed by atoms with Crippen LogP contribution < -0.4 is 0 Å². The first kappa shape index (κ1) is 16.4. The zero-order chi connectivity index (χ0) is 14.5. The largest absolute Gasteiger partial charge is 0.481 e. The van der Waals surface area contributed by atoms with Gasteiger partial charge >= 0.3 is 5.97 Å². The van der Waals surface area contributed by atoms with Crippen molar-refractivity contribution in [3.63, 3.8) is 0 Å². The molecule has 1 rings (SSSR count). The van der Waals surface area contributed by atoms with E-state index < -0.39 is 11.4 Å². The van der Waals surface area contributed by atoms with Crippen LogP contribution in [0.4, 0.5) is 0 Å². The van der Waals surface area contributed by atoms with Gasteiger partial charge in [-0.15, -0.1) is 0 Å². The topological polar surface area (TPSA) is 49.8 Å². The highest BCUT2D eigenvalue weighted by molar-refractivity contribution is 5.74. The van der Waals surface area contributed by atoms with Gasteiger partial charge in [-0.3, -0.25) is 9.69 Å². The molecule has 1 fully saturated rings. The molecule has 0 aliphatic heterocycles. The summed E-state index contributed by atoms with van der Waals surface area (Å²) in [6.07, 6.45) is 4.19. The molecule has 4 nitrogen and oxygen atoms in total. The second kappa shape index (κ2) is 7.25. The van der Waals surface area contributed by atoms with Crippen LogP contribution in [0, 0.1) is 11.3 Å². The van der Waals surface area contributed by atoms with Gasteiger partial charge in [0.15, 0.2) is 0 Å². The number of aliphatic carboxylic acids is 1. The molecule has 0 spiro atoms. The Balaban J connectivity index is 2.69. The SMILES string of the molecule is CCCC(C)(CN(CCOC)C(C)C1CC1)C(=O)O. The molecule has 4 heteroatoms. The lowest BCUT2D eigenvalue weighted by Gasteiger charge is -2.36. The number of ether oxygens (including phenoxy) is 1. The number of methoxy groups -OCH3 is 1. The summed E-state index contributed by atoms with van der Waals surface area (Å²) in [6, 6.07) is 0.464. The second-order valence-electron chi connectivity index (χ2n) is 6.16. The van der Waals surface area contributed by atoms with E-state index in [-0.39, 0.29) is 0 Å². The second-order valence-corrected chi connectivity index (χ2v) is 6.16. The van der Waals surface area contributed by atoms with Crippen molar-refractivity contribution >= 4 is 5.97 Å². The molecular weight excluding hydrogens is 242 g/mol. The third-order valence-corrected chi connectivity index (χ3v) is 4.33. The Hall–Kier alpha value is -0.610. The van der Waals surface area contributed by atoms with Gasteiger partial charge in [-0.2, -0.15) is 0 Å². The summed E-state index contributed by atoms with van der Waals surface area (Å²) in [6.45, 7) is 8.25. The molecule has 0 aromatic carbocycles. The minimum Gasteiger partial charge on any atom is -0.481 e. The van der Waals surface area contributed by atoms with Crippen LogP contribution >= 0.6 is 0 Å². The number of carboxylic acids is 1. The first-order chi connectivity index (χ1) is 8.94. The van der Waals surface area contributed by atoms with E-state index in [1.54, 1.807) is 7.11 Å². The Labute approximate surface area is 117 Å². The van der Waals surface area contributed by atoms with Crippen molar-refractivity contribution in [2.75, 3.05) is 26.8 Å². The molecular formula is C15H29NO3. The van der Waals surface area contributed by atoms with E-state index in [0.717, 1.165) is 25.3 Å². The number of carbonyl (C=O) groups is 1. The molecule has 19 heavy (non-hydrogen) atoms. The summed E-state index contributed by atoms with van der Waals surface area (Å²) < 4.78 is 5.17. The van der Waals surface area contributed by atoms with Crippen LogP contribution in [0.1, 0.15) is 46.5 Å². The van der Waals surface area contributed by atoms with Crippen LogP contribution in [0.2, 0.25) is 0 Å². The Bertz CT molecular complexity index is 291. The highest BCUT2D eigenvalue weighted by Crippen LogP contribution is 2.36. The van der Waals surface area contributed by atoms with E-state index >= 15 is 0 Å². The van der Waals surface area contributed by atoms with Gasteiger partial charge < -0.3 is 9.84 Å².